The number of nitrogens with two attached hydrogens (primary N) is 1. The average molecular weight is 255 g/mol. The molecule has 0 saturated heterocycles. The smallest absolute Gasteiger partial charge is 0.0711 e. The van der Waals surface area contributed by atoms with Crippen LogP contribution < -0.4 is 5.73 Å². The van der Waals surface area contributed by atoms with Crippen molar-refractivity contribution in [1.82, 2.24) is 9.78 Å². The van der Waals surface area contributed by atoms with Gasteiger partial charge in [0.05, 0.1) is 11.4 Å². The molecule has 0 amide bonds. The summed E-state index contributed by atoms with van der Waals surface area (Å²) >= 11 is 0. The number of benzene rings is 1. The molecule has 1 aliphatic rings. The third-order valence-electron chi connectivity index (χ3n) is 4.14. The van der Waals surface area contributed by atoms with Crippen molar-refractivity contribution in [1.29, 1.82) is 0 Å². The van der Waals surface area contributed by atoms with Crippen LogP contribution in [0.4, 0.5) is 0 Å². The van der Waals surface area contributed by atoms with Crippen LogP contribution in [0.5, 0.6) is 0 Å². The van der Waals surface area contributed by atoms with Crippen molar-refractivity contribution >= 4 is 0 Å². The molecule has 3 heteroatoms. The largest absolute Gasteiger partial charge is 0.330 e. The summed E-state index contributed by atoms with van der Waals surface area (Å²) in [5.41, 5.74) is 13.6. The predicted octanol–water partition coefficient (Wildman–Crippen LogP) is 2.39. The monoisotopic (exact) mass is 255 g/mol. The van der Waals surface area contributed by atoms with Gasteiger partial charge in [-0.05, 0) is 55.5 Å². The lowest BCUT2D eigenvalue weighted by atomic mass is 10.0. The number of aromatic nitrogens is 2. The number of aryl methyl sites for hydroxylation is 3. The number of rotatable bonds is 3. The zero-order valence-electron chi connectivity index (χ0n) is 11.7. The van der Waals surface area contributed by atoms with Crippen molar-refractivity contribution in [2.75, 3.05) is 6.54 Å². The van der Waals surface area contributed by atoms with Crippen molar-refractivity contribution in [3.8, 4) is 11.3 Å². The Morgan fingerprint density at radius 1 is 1.26 bits per heavy atom. The van der Waals surface area contributed by atoms with E-state index < -0.39 is 0 Å². The van der Waals surface area contributed by atoms with Gasteiger partial charge in [-0.3, -0.25) is 4.68 Å². The lowest BCUT2D eigenvalue weighted by molar-refractivity contribution is 0.745. The molecule has 0 saturated carbocycles. The first kappa shape index (κ1) is 12.4. The van der Waals surface area contributed by atoms with Crippen LogP contribution in [0.1, 0.15) is 28.8 Å². The van der Waals surface area contributed by atoms with Crippen molar-refractivity contribution in [2.45, 2.75) is 32.6 Å². The first-order valence-electron chi connectivity index (χ1n) is 7.05. The molecule has 3 rings (SSSR count). The summed E-state index contributed by atoms with van der Waals surface area (Å²) < 4.78 is 2.00. The third kappa shape index (κ3) is 2.08. The molecule has 1 aromatic heterocycles. The van der Waals surface area contributed by atoms with Gasteiger partial charge in [-0.2, -0.15) is 5.10 Å². The van der Waals surface area contributed by atoms with Crippen molar-refractivity contribution in [2.24, 2.45) is 12.8 Å². The van der Waals surface area contributed by atoms with Crippen LogP contribution in [0.15, 0.2) is 18.2 Å². The molecule has 3 nitrogen and oxygen atoms in total. The first-order valence-corrected chi connectivity index (χ1v) is 7.05. The van der Waals surface area contributed by atoms with Gasteiger partial charge in [0.15, 0.2) is 0 Å². The minimum absolute atomic E-state index is 0.654. The number of fused-ring (bicyclic) bond motifs is 1. The molecular weight excluding hydrogens is 234 g/mol. The van der Waals surface area contributed by atoms with Crippen molar-refractivity contribution < 1.29 is 0 Å². The van der Waals surface area contributed by atoms with Crippen LogP contribution in [0.25, 0.3) is 11.3 Å². The zero-order valence-corrected chi connectivity index (χ0v) is 11.7. The number of hydrogen-bond donors (Lipinski definition) is 1. The van der Waals surface area contributed by atoms with E-state index in [-0.39, 0.29) is 0 Å². The van der Waals surface area contributed by atoms with Crippen molar-refractivity contribution in [3.05, 3.63) is 40.6 Å². The Balaban J connectivity index is 2.07. The maximum absolute atomic E-state index is 5.65. The summed E-state index contributed by atoms with van der Waals surface area (Å²) in [6, 6.07) is 6.87. The van der Waals surface area contributed by atoms with Gasteiger partial charge in [-0.15, -0.1) is 0 Å². The highest BCUT2D eigenvalue weighted by molar-refractivity contribution is 5.66. The van der Waals surface area contributed by atoms with Gasteiger partial charge in [-0.25, -0.2) is 0 Å². The Morgan fingerprint density at radius 3 is 2.84 bits per heavy atom. The lowest BCUT2D eigenvalue weighted by Crippen LogP contribution is -2.04. The van der Waals surface area contributed by atoms with E-state index in [1.165, 1.54) is 47.2 Å². The summed E-state index contributed by atoms with van der Waals surface area (Å²) in [6.45, 7) is 2.81. The summed E-state index contributed by atoms with van der Waals surface area (Å²) in [4.78, 5) is 0. The molecule has 19 heavy (non-hydrogen) atoms. The van der Waals surface area contributed by atoms with Crippen LogP contribution in [-0.2, 0) is 26.3 Å². The fourth-order valence-corrected chi connectivity index (χ4v) is 3.18. The molecule has 100 valence electrons. The second kappa shape index (κ2) is 4.82. The Labute approximate surface area is 114 Å². The Morgan fingerprint density at radius 2 is 2.05 bits per heavy atom. The van der Waals surface area contributed by atoms with E-state index in [1.54, 1.807) is 0 Å². The minimum Gasteiger partial charge on any atom is -0.330 e. The van der Waals surface area contributed by atoms with E-state index in [4.69, 9.17) is 5.73 Å². The van der Waals surface area contributed by atoms with Crippen LogP contribution in [0.2, 0.25) is 0 Å². The van der Waals surface area contributed by atoms with E-state index in [0.29, 0.717) is 6.54 Å². The van der Waals surface area contributed by atoms with Crippen LogP contribution >= 0.6 is 0 Å². The van der Waals surface area contributed by atoms with E-state index in [9.17, 15) is 0 Å². The van der Waals surface area contributed by atoms with Gasteiger partial charge in [0.25, 0.3) is 0 Å². The van der Waals surface area contributed by atoms with Gasteiger partial charge in [0, 0.05) is 19.0 Å². The molecule has 0 bridgehead atoms. The molecule has 0 fully saturated rings. The van der Waals surface area contributed by atoms with E-state index in [0.717, 1.165) is 12.1 Å². The quantitative estimate of drug-likeness (QED) is 0.915. The van der Waals surface area contributed by atoms with E-state index in [2.05, 4.69) is 30.2 Å². The van der Waals surface area contributed by atoms with Crippen LogP contribution in [0, 0.1) is 6.92 Å². The van der Waals surface area contributed by atoms with Crippen molar-refractivity contribution in [3.63, 3.8) is 0 Å². The second-order valence-corrected chi connectivity index (χ2v) is 5.42. The molecule has 1 aromatic carbocycles. The van der Waals surface area contributed by atoms with Gasteiger partial charge < -0.3 is 5.73 Å². The molecule has 1 heterocycles. The number of nitrogens with zero attached hydrogens (tertiary/aromatic N) is 2. The second-order valence-electron chi connectivity index (χ2n) is 5.42. The standard InChI is InChI=1S/C16H21N3/c1-11-15(8-9-17)18-19(2)16(11)14-7-6-12-4-3-5-13(12)10-14/h6-7,10H,3-5,8-9,17H2,1-2H3. The highest BCUT2D eigenvalue weighted by Crippen LogP contribution is 2.30. The topological polar surface area (TPSA) is 43.8 Å². The molecule has 2 aromatic rings. The van der Waals surface area contributed by atoms with E-state index in [1.807, 2.05) is 11.7 Å². The fraction of sp³-hybridized carbons (Fsp3) is 0.438. The summed E-state index contributed by atoms with van der Waals surface area (Å²) in [7, 11) is 2.02. The first-order chi connectivity index (χ1) is 9.20. The molecule has 0 aliphatic heterocycles. The highest BCUT2D eigenvalue weighted by atomic mass is 15.3. The molecule has 2 N–H and O–H groups in total. The summed E-state index contributed by atoms with van der Waals surface area (Å²) in [5, 5.41) is 4.61. The Kier molecular flexibility index (Phi) is 3.15. The lowest BCUT2D eigenvalue weighted by Gasteiger charge is -2.07. The summed E-state index contributed by atoms with van der Waals surface area (Å²) in [5.74, 6) is 0. The maximum atomic E-state index is 5.65. The molecule has 1 aliphatic carbocycles. The SMILES string of the molecule is Cc1c(CCN)nn(C)c1-c1ccc2c(c1)CCC2. The molecule has 0 unspecified atom stereocenters. The molecular formula is C16H21N3. The van der Waals surface area contributed by atoms with Crippen LogP contribution in [0.3, 0.4) is 0 Å². The number of hydrogen-bond acceptors (Lipinski definition) is 2. The predicted molar refractivity (Wildman–Crippen MR) is 78.2 cm³/mol. The summed E-state index contributed by atoms with van der Waals surface area (Å²) in [6.07, 6.45) is 4.60. The van der Waals surface area contributed by atoms with Gasteiger partial charge in [0.1, 0.15) is 0 Å². The third-order valence-corrected chi connectivity index (χ3v) is 4.14. The minimum atomic E-state index is 0.654. The normalized spacial score (nSPS) is 13.8. The molecule has 0 spiro atoms. The Hall–Kier alpha value is -1.61. The molecule has 0 radical (unpaired) electrons. The highest BCUT2D eigenvalue weighted by Gasteiger charge is 2.16. The Bertz CT molecular complexity index is 611. The molecule has 0 atom stereocenters. The average Bonchev–Trinajstić information content (AvgIpc) is 2.95. The van der Waals surface area contributed by atoms with Gasteiger partial charge in [-0.1, -0.05) is 12.1 Å². The fourth-order valence-electron chi connectivity index (χ4n) is 3.18. The zero-order chi connectivity index (χ0) is 13.4. The van der Waals surface area contributed by atoms with Crippen LogP contribution in [-0.4, -0.2) is 16.3 Å². The van der Waals surface area contributed by atoms with Gasteiger partial charge in [0.2, 0.25) is 0 Å². The van der Waals surface area contributed by atoms with Gasteiger partial charge >= 0.3 is 0 Å². The maximum Gasteiger partial charge on any atom is 0.0711 e. The van der Waals surface area contributed by atoms with E-state index >= 15 is 0 Å².